The predicted molar refractivity (Wildman–Crippen MR) is 95.4 cm³/mol. The van der Waals surface area contributed by atoms with Gasteiger partial charge in [0.15, 0.2) is 5.11 Å². The van der Waals surface area contributed by atoms with Crippen molar-refractivity contribution in [2.24, 2.45) is 0 Å². The van der Waals surface area contributed by atoms with Crippen LogP contribution in [0.5, 0.6) is 0 Å². The number of aryl methyl sites for hydroxylation is 4. The van der Waals surface area contributed by atoms with Crippen molar-refractivity contribution < 1.29 is 0 Å². The first kappa shape index (κ1) is 16.5. The summed E-state index contributed by atoms with van der Waals surface area (Å²) in [7, 11) is 0. The second kappa shape index (κ2) is 6.89. The topological polar surface area (TPSA) is 61.9 Å². The molecule has 0 aliphatic carbocycles. The standard InChI is InChI=1S/C15H18ClN5S/c1-8-5-9(2)13(12(16)6-8)19-15(22)21-20-14-17-10(3)7-11(4)18-14/h5-7H,1-4H3,(H,17,18,20)(H2,19,21,22). The number of benzene rings is 1. The molecule has 2 aromatic rings. The van der Waals surface area contributed by atoms with Gasteiger partial charge >= 0.3 is 0 Å². The van der Waals surface area contributed by atoms with Crippen LogP contribution in [0.15, 0.2) is 18.2 Å². The van der Waals surface area contributed by atoms with Gasteiger partial charge in [-0.05, 0) is 63.2 Å². The Balaban J connectivity index is 2.02. The Morgan fingerprint density at radius 3 is 2.27 bits per heavy atom. The van der Waals surface area contributed by atoms with Gasteiger partial charge in [0.05, 0.1) is 10.7 Å². The molecule has 0 spiro atoms. The van der Waals surface area contributed by atoms with E-state index in [9.17, 15) is 0 Å². The van der Waals surface area contributed by atoms with Crippen molar-refractivity contribution >= 4 is 40.6 Å². The van der Waals surface area contributed by atoms with E-state index in [0.717, 1.165) is 28.2 Å². The van der Waals surface area contributed by atoms with Crippen LogP contribution < -0.4 is 16.2 Å². The van der Waals surface area contributed by atoms with Gasteiger partial charge in [-0.25, -0.2) is 9.97 Å². The Labute approximate surface area is 140 Å². The molecule has 0 fully saturated rings. The second-order valence-corrected chi connectivity index (χ2v) is 5.93. The Hall–Kier alpha value is -1.92. The molecule has 0 atom stereocenters. The maximum absolute atomic E-state index is 6.24. The fraction of sp³-hybridized carbons (Fsp3) is 0.267. The number of rotatable bonds is 3. The fourth-order valence-corrected chi connectivity index (χ4v) is 2.63. The van der Waals surface area contributed by atoms with Crippen LogP contribution in [0, 0.1) is 27.7 Å². The number of thiocarbonyl (C=S) groups is 1. The van der Waals surface area contributed by atoms with Gasteiger partial charge in [0.25, 0.3) is 0 Å². The van der Waals surface area contributed by atoms with Crippen molar-refractivity contribution in [1.82, 2.24) is 15.4 Å². The minimum absolute atomic E-state index is 0.386. The van der Waals surface area contributed by atoms with Crippen LogP contribution in [0.4, 0.5) is 11.6 Å². The lowest BCUT2D eigenvalue weighted by atomic mass is 10.1. The molecule has 22 heavy (non-hydrogen) atoms. The number of halogens is 1. The lowest BCUT2D eigenvalue weighted by Crippen LogP contribution is -2.34. The van der Waals surface area contributed by atoms with Gasteiger partial charge in [-0.15, -0.1) is 0 Å². The number of aromatic nitrogens is 2. The van der Waals surface area contributed by atoms with Gasteiger partial charge < -0.3 is 5.32 Å². The number of nitrogens with one attached hydrogen (secondary N) is 3. The lowest BCUT2D eigenvalue weighted by Gasteiger charge is -2.15. The summed E-state index contributed by atoms with van der Waals surface area (Å²) in [5.74, 6) is 0.466. The van der Waals surface area contributed by atoms with Crippen LogP contribution in [0.1, 0.15) is 22.5 Å². The maximum Gasteiger partial charge on any atom is 0.242 e. The molecule has 0 saturated heterocycles. The number of hydrogen-bond donors (Lipinski definition) is 3. The first-order chi connectivity index (χ1) is 10.3. The zero-order chi connectivity index (χ0) is 16.3. The smallest absolute Gasteiger partial charge is 0.242 e. The van der Waals surface area contributed by atoms with E-state index >= 15 is 0 Å². The highest BCUT2D eigenvalue weighted by Crippen LogP contribution is 2.27. The van der Waals surface area contributed by atoms with E-state index in [1.807, 2.05) is 45.9 Å². The van der Waals surface area contributed by atoms with Crippen LogP contribution in [-0.4, -0.2) is 15.1 Å². The summed E-state index contributed by atoms with van der Waals surface area (Å²) in [5, 5.41) is 4.09. The molecule has 0 saturated carbocycles. The molecule has 0 radical (unpaired) electrons. The highest BCUT2D eigenvalue weighted by Gasteiger charge is 2.07. The van der Waals surface area contributed by atoms with E-state index in [1.165, 1.54) is 0 Å². The van der Waals surface area contributed by atoms with Crippen LogP contribution in [0.2, 0.25) is 5.02 Å². The maximum atomic E-state index is 6.24. The Morgan fingerprint density at radius 1 is 1.05 bits per heavy atom. The third-order valence-electron chi connectivity index (χ3n) is 2.94. The molecule has 0 aliphatic rings. The molecule has 1 aromatic heterocycles. The van der Waals surface area contributed by atoms with Crippen molar-refractivity contribution in [2.45, 2.75) is 27.7 Å². The number of nitrogens with zero attached hydrogens (tertiary/aromatic N) is 2. The predicted octanol–water partition coefficient (Wildman–Crippen LogP) is 3.68. The fourth-order valence-electron chi connectivity index (χ4n) is 2.11. The number of hydrazine groups is 1. The van der Waals surface area contributed by atoms with Gasteiger partial charge in [0.2, 0.25) is 5.95 Å². The Kier molecular flexibility index (Phi) is 5.15. The minimum atomic E-state index is 0.386. The summed E-state index contributed by atoms with van der Waals surface area (Å²) in [6.45, 7) is 7.79. The van der Waals surface area contributed by atoms with Crippen molar-refractivity contribution in [1.29, 1.82) is 0 Å². The third-order valence-corrected chi connectivity index (χ3v) is 3.44. The van der Waals surface area contributed by atoms with Gasteiger partial charge in [-0.1, -0.05) is 17.7 Å². The zero-order valence-electron chi connectivity index (χ0n) is 12.9. The van der Waals surface area contributed by atoms with E-state index in [1.54, 1.807) is 0 Å². The largest absolute Gasteiger partial charge is 0.330 e. The summed E-state index contributed by atoms with van der Waals surface area (Å²) in [4.78, 5) is 8.52. The molecule has 1 aromatic carbocycles. The van der Waals surface area contributed by atoms with Gasteiger partial charge in [0.1, 0.15) is 0 Å². The van der Waals surface area contributed by atoms with E-state index in [0.29, 0.717) is 16.1 Å². The average molecular weight is 336 g/mol. The van der Waals surface area contributed by atoms with Crippen molar-refractivity contribution in [2.75, 3.05) is 10.7 Å². The average Bonchev–Trinajstić information content (AvgIpc) is 2.39. The van der Waals surface area contributed by atoms with E-state index in [2.05, 4.69) is 26.1 Å². The second-order valence-electron chi connectivity index (χ2n) is 5.12. The molecule has 2 rings (SSSR count). The summed E-state index contributed by atoms with van der Waals surface area (Å²) < 4.78 is 0. The molecule has 0 bridgehead atoms. The van der Waals surface area contributed by atoms with Gasteiger partial charge in [-0.2, -0.15) is 0 Å². The third kappa shape index (κ3) is 4.29. The Bertz CT molecular complexity index is 674. The SMILES string of the molecule is Cc1cc(C)c(NC(=S)NNc2nc(C)cc(C)n2)c(Cl)c1. The number of anilines is 2. The monoisotopic (exact) mass is 335 g/mol. The molecule has 116 valence electrons. The molecule has 1 heterocycles. The van der Waals surface area contributed by atoms with Gasteiger partial charge in [-0.3, -0.25) is 10.9 Å². The van der Waals surface area contributed by atoms with Crippen molar-refractivity contribution in [3.8, 4) is 0 Å². The summed E-state index contributed by atoms with van der Waals surface area (Å²) in [6, 6.07) is 5.83. The van der Waals surface area contributed by atoms with Gasteiger partial charge in [0, 0.05) is 11.4 Å². The Morgan fingerprint density at radius 2 is 1.68 bits per heavy atom. The van der Waals surface area contributed by atoms with E-state index in [4.69, 9.17) is 23.8 Å². The van der Waals surface area contributed by atoms with Crippen LogP contribution in [0.3, 0.4) is 0 Å². The van der Waals surface area contributed by atoms with E-state index < -0.39 is 0 Å². The molecule has 0 aliphatic heterocycles. The molecule has 3 N–H and O–H groups in total. The normalized spacial score (nSPS) is 10.2. The van der Waals surface area contributed by atoms with Crippen molar-refractivity contribution in [3.63, 3.8) is 0 Å². The first-order valence-corrected chi connectivity index (χ1v) is 7.56. The van der Waals surface area contributed by atoms with E-state index in [-0.39, 0.29) is 0 Å². The highest BCUT2D eigenvalue weighted by atomic mass is 35.5. The molecule has 5 nitrogen and oxygen atoms in total. The van der Waals surface area contributed by atoms with Crippen LogP contribution >= 0.6 is 23.8 Å². The molecule has 0 unspecified atom stereocenters. The first-order valence-electron chi connectivity index (χ1n) is 6.77. The summed E-state index contributed by atoms with van der Waals surface area (Å²) >= 11 is 11.5. The zero-order valence-corrected chi connectivity index (χ0v) is 14.5. The minimum Gasteiger partial charge on any atom is -0.330 e. The molecule has 0 amide bonds. The molecule has 7 heteroatoms. The number of hydrogen-bond acceptors (Lipinski definition) is 4. The van der Waals surface area contributed by atoms with Crippen LogP contribution in [0.25, 0.3) is 0 Å². The molecular weight excluding hydrogens is 318 g/mol. The molecular formula is C15H18ClN5S. The van der Waals surface area contributed by atoms with Crippen LogP contribution in [-0.2, 0) is 0 Å². The van der Waals surface area contributed by atoms with Crippen molar-refractivity contribution in [3.05, 3.63) is 45.7 Å². The quantitative estimate of drug-likeness (QED) is 0.587. The lowest BCUT2D eigenvalue weighted by molar-refractivity contribution is 0.991. The summed E-state index contributed by atoms with van der Waals surface area (Å²) in [6.07, 6.45) is 0. The summed E-state index contributed by atoms with van der Waals surface area (Å²) in [5.41, 5.74) is 10.4. The highest BCUT2D eigenvalue weighted by molar-refractivity contribution is 7.80.